The van der Waals surface area contributed by atoms with Crippen LogP contribution in [0.15, 0.2) is 11.8 Å². The predicted octanol–water partition coefficient (Wildman–Crippen LogP) is 8.35. The number of aliphatic hydroxyl groups is 1. The first-order valence-electron chi connectivity index (χ1n) is 10.6. The molecule has 0 rings (SSSR count). The van der Waals surface area contributed by atoms with Gasteiger partial charge in [0.15, 0.2) is 0 Å². The second kappa shape index (κ2) is 17.9. The Bertz CT molecular complexity index is 257. The van der Waals surface area contributed by atoms with Gasteiger partial charge >= 0.3 is 0 Å². The SMILES string of the molecule is CC=C(O)C(CCCCCCCC)CCCCCCCCCC. The smallest absolute Gasteiger partial charge is 0.0910 e. The van der Waals surface area contributed by atoms with Crippen molar-refractivity contribution in [1.82, 2.24) is 0 Å². The van der Waals surface area contributed by atoms with E-state index in [1.54, 1.807) is 0 Å². The molecule has 1 N–H and O–H groups in total. The van der Waals surface area contributed by atoms with Crippen molar-refractivity contribution in [2.75, 3.05) is 0 Å². The van der Waals surface area contributed by atoms with Crippen molar-refractivity contribution in [3.05, 3.63) is 11.8 Å². The molecule has 0 aromatic rings. The van der Waals surface area contributed by atoms with Crippen LogP contribution in [0.1, 0.15) is 124 Å². The zero-order valence-corrected chi connectivity index (χ0v) is 16.4. The lowest BCUT2D eigenvalue weighted by Crippen LogP contribution is -2.04. The molecule has 0 heterocycles. The van der Waals surface area contributed by atoms with Gasteiger partial charge in [-0.15, -0.1) is 0 Å². The second-order valence-electron chi connectivity index (χ2n) is 7.23. The molecule has 0 saturated heterocycles. The maximum atomic E-state index is 10.1. The minimum atomic E-state index is 0.422. The summed E-state index contributed by atoms with van der Waals surface area (Å²) in [6.45, 7) is 6.51. The molecule has 0 aliphatic carbocycles. The Morgan fingerprint density at radius 2 is 1.00 bits per heavy atom. The van der Waals surface area contributed by atoms with Gasteiger partial charge in [0.2, 0.25) is 0 Å². The Morgan fingerprint density at radius 1 is 0.652 bits per heavy atom. The number of aliphatic hydroxyl groups excluding tert-OH is 1. The van der Waals surface area contributed by atoms with Crippen LogP contribution < -0.4 is 0 Å². The Balaban J connectivity index is 3.68. The lowest BCUT2D eigenvalue weighted by Gasteiger charge is -2.16. The van der Waals surface area contributed by atoms with E-state index < -0.39 is 0 Å². The van der Waals surface area contributed by atoms with Crippen LogP contribution in [0.2, 0.25) is 0 Å². The summed E-state index contributed by atoms with van der Waals surface area (Å²) in [5.74, 6) is 1.06. The van der Waals surface area contributed by atoms with Crippen molar-refractivity contribution < 1.29 is 5.11 Å². The molecule has 0 aromatic heterocycles. The monoisotopic (exact) mass is 324 g/mol. The molecule has 0 saturated carbocycles. The van der Waals surface area contributed by atoms with Crippen LogP contribution in [0.4, 0.5) is 0 Å². The molecule has 0 amide bonds. The molecule has 1 nitrogen and oxygen atoms in total. The van der Waals surface area contributed by atoms with Crippen LogP contribution in [0.5, 0.6) is 0 Å². The van der Waals surface area contributed by atoms with E-state index in [2.05, 4.69) is 13.8 Å². The minimum Gasteiger partial charge on any atom is -0.512 e. The van der Waals surface area contributed by atoms with Crippen LogP contribution in [0, 0.1) is 5.92 Å². The molecule has 1 unspecified atom stereocenters. The predicted molar refractivity (Wildman–Crippen MR) is 105 cm³/mol. The van der Waals surface area contributed by atoms with Gasteiger partial charge in [-0.1, -0.05) is 104 Å². The van der Waals surface area contributed by atoms with E-state index in [-0.39, 0.29) is 0 Å². The van der Waals surface area contributed by atoms with Crippen molar-refractivity contribution in [3.63, 3.8) is 0 Å². The summed E-state index contributed by atoms with van der Waals surface area (Å²) in [7, 11) is 0. The quantitative estimate of drug-likeness (QED) is 0.210. The highest BCUT2D eigenvalue weighted by Gasteiger charge is 2.12. The Hall–Kier alpha value is -0.460. The van der Waals surface area contributed by atoms with Gasteiger partial charge in [-0.25, -0.2) is 0 Å². The third-order valence-corrected chi connectivity index (χ3v) is 5.03. The van der Waals surface area contributed by atoms with Crippen molar-refractivity contribution in [3.8, 4) is 0 Å². The lowest BCUT2D eigenvalue weighted by molar-refractivity contribution is 0.295. The fraction of sp³-hybridized carbons (Fsp3) is 0.909. The van der Waals surface area contributed by atoms with E-state index in [0.717, 1.165) is 0 Å². The first kappa shape index (κ1) is 22.5. The van der Waals surface area contributed by atoms with Gasteiger partial charge in [0.25, 0.3) is 0 Å². The number of hydrogen-bond donors (Lipinski definition) is 1. The molecule has 1 heteroatoms. The third kappa shape index (κ3) is 14.8. The number of unbranched alkanes of at least 4 members (excludes halogenated alkanes) is 12. The second-order valence-corrected chi connectivity index (χ2v) is 7.23. The summed E-state index contributed by atoms with van der Waals surface area (Å²) in [6.07, 6.45) is 23.3. The van der Waals surface area contributed by atoms with E-state index in [1.165, 1.54) is 103 Å². The standard InChI is InChI=1S/C22H44O/c1-4-7-9-11-13-14-16-18-20-21(22(23)6-3)19-17-15-12-10-8-5-2/h6,21,23H,4-5,7-20H2,1-3H3. The maximum absolute atomic E-state index is 10.1. The average molecular weight is 325 g/mol. The molecule has 1 atom stereocenters. The van der Waals surface area contributed by atoms with Crippen molar-refractivity contribution in [2.24, 2.45) is 5.92 Å². The summed E-state index contributed by atoms with van der Waals surface area (Å²) < 4.78 is 0. The van der Waals surface area contributed by atoms with Gasteiger partial charge in [0, 0.05) is 5.92 Å². The van der Waals surface area contributed by atoms with Crippen LogP contribution in [-0.4, -0.2) is 5.11 Å². The highest BCUT2D eigenvalue weighted by atomic mass is 16.3. The van der Waals surface area contributed by atoms with E-state index in [0.29, 0.717) is 11.7 Å². The molecule has 138 valence electrons. The largest absolute Gasteiger partial charge is 0.512 e. The van der Waals surface area contributed by atoms with Crippen LogP contribution in [0.3, 0.4) is 0 Å². The van der Waals surface area contributed by atoms with Gasteiger partial charge in [0.1, 0.15) is 0 Å². The number of allylic oxidation sites excluding steroid dienone is 2. The highest BCUT2D eigenvalue weighted by molar-refractivity contribution is 4.94. The number of hydrogen-bond acceptors (Lipinski definition) is 1. The molecule has 0 aromatic carbocycles. The summed E-state index contributed by atoms with van der Waals surface area (Å²) in [5.41, 5.74) is 0. The van der Waals surface area contributed by atoms with E-state index in [1.807, 2.05) is 13.0 Å². The number of rotatable bonds is 17. The summed E-state index contributed by atoms with van der Waals surface area (Å²) >= 11 is 0. The molecule has 0 aliphatic rings. The van der Waals surface area contributed by atoms with E-state index in [9.17, 15) is 5.11 Å². The fourth-order valence-electron chi connectivity index (χ4n) is 3.37. The van der Waals surface area contributed by atoms with Crippen molar-refractivity contribution in [2.45, 2.75) is 124 Å². The van der Waals surface area contributed by atoms with Crippen molar-refractivity contribution >= 4 is 0 Å². The van der Waals surface area contributed by atoms with Gasteiger partial charge in [-0.2, -0.15) is 0 Å². The first-order chi connectivity index (χ1) is 11.3. The molecular weight excluding hydrogens is 280 g/mol. The topological polar surface area (TPSA) is 20.2 Å². The van der Waals surface area contributed by atoms with Crippen LogP contribution in [0.25, 0.3) is 0 Å². The first-order valence-corrected chi connectivity index (χ1v) is 10.6. The van der Waals surface area contributed by atoms with Gasteiger partial charge in [0.05, 0.1) is 5.76 Å². The molecule has 0 radical (unpaired) electrons. The summed E-state index contributed by atoms with van der Waals surface area (Å²) in [4.78, 5) is 0. The maximum Gasteiger partial charge on any atom is 0.0910 e. The normalized spacial score (nSPS) is 13.4. The van der Waals surface area contributed by atoms with Gasteiger partial charge in [-0.05, 0) is 25.8 Å². The third-order valence-electron chi connectivity index (χ3n) is 5.03. The fourth-order valence-corrected chi connectivity index (χ4v) is 3.37. The average Bonchev–Trinajstić information content (AvgIpc) is 2.57. The molecule has 0 spiro atoms. The Morgan fingerprint density at radius 3 is 1.35 bits per heavy atom. The molecular formula is C22H44O. The van der Waals surface area contributed by atoms with Gasteiger partial charge < -0.3 is 5.11 Å². The molecule has 0 fully saturated rings. The van der Waals surface area contributed by atoms with Gasteiger partial charge in [-0.3, -0.25) is 0 Å². The zero-order chi connectivity index (χ0) is 17.2. The highest BCUT2D eigenvalue weighted by Crippen LogP contribution is 2.24. The Kier molecular flexibility index (Phi) is 17.5. The minimum absolute atomic E-state index is 0.422. The molecule has 0 bridgehead atoms. The van der Waals surface area contributed by atoms with E-state index in [4.69, 9.17) is 0 Å². The summed E-state index contributed by atoms with van der Waals surface area (Å²) in [6, 6.07) is 0. The van der Waals surface area contributed by atoms with E-state index >= 15 is 0 Å². The molecule has 0 aliphatic heterocycles. The zero-order valence-electron chi connectivity index (χ0n) is 16.4. The van der Waals surface area contributed by atoms with Crippen LogP contribution in [-0.2, 0) is 0 Å². The van der Waals surface area contributed by atoms with Crippen molar-refractivity contribution in [1.29, 1.82) is 0 Å². The summed E-state index contributed by atoms with van der Waals surface area (Å²) in [5, 5.41) is 10.1. The Labute approximate surface area is 147 Å². The lowest BCUT2D eigenvalue weighted by atomic mass is 9.92. The molecule has 23 heavy (non-hydrogen) atoms. The van der Waals surface area contributed by atoms with Crippen LogP contribution >= 0.6 is 0 Å².